The van der Waals surface area contributed by atoms with E-state index in [0.29, 0.717) is 10.8 Å². The van der Waals surface area contributed by atoms with E-state index >= 15 is 0 Å². The fraction of sp³-hybridized carbons (Fsp3) is 0.190. The Hall–Kier alpha value is -3.06. The third-order valence-electron chi connectivity index (χ3n) is 4.65. The van der Waals surface area contributed by atoms with Crippen LogP contribution >= 0.6 is 11.3 Å². The van der Waals surface area contributed by atoms with Crippen molar-refractivity contribution in [1.29, 1.82) is 0 Å². The second-order valence-corrected chi connectivity index (χ2v) is 7.47. The Morgan fingerprint density at radius 1 is 1.18 bits per heavy atom. The summed E-state index contributed by atoms with van der Waals surface area (Å²) in [6, 6.07) is 15.4. The van der Waals surface area contributed by atoms with Crippen LogP contribution in [0.4, 0.5) is 20.9 Å². The molecule has 5 nitrogen and oxygen atoms in total. The average Bonchev–Trinajstić information content (AvgIpc) is 3.29. The van der Waals surface area contributed by atoms with Gasteiger partial charge in [0, 0.05) is 18.3 Å². The van der Waals surface area contributed by atoms with E-state index in [2.05, 4.69) is 4.98 Å². The van der Waals surface area contributed by atoms with Gasteiger partial charge in [-0.1, -0.05) is 30.3 Å². The van der Waals surface area contributed by atoms with Crippen molar-refractivity contribution in [3.05, 3.63) is 71.5 Å². The van der Waals surface area contributed by atoms with Gasteiger partial charge in [0.2, 0.25) is 11.8 Å². The molecular weight excluding hydrogens is 377 g/mol. The molecule has 2 amide bonds. The third-order valence-corrected chi connectivity index (χ3v) is 5.59. The summed E-state index contributed by atoms with van der Waals surface area (Å²) in [6.45, 7) is 2.01. The Morgan fingerprint density at radius 2 is 1.89 bits per heavy atom. The first kappa shape index (κ1) is 18.3. The van der Waals surface area contributed by atoms with Crippen molar-refractivity contribution in [3.8, 4) is 0 Å². The van der Waals surface area contributed by atoms with E-state index < -0.39 is 11.7 Å². The number of carbonyl (C=O) groups is 2. The number of aryl methyl sites for hydroxylation is 1. The van der Waals surface area contributed by atoms with Crippen molar-refractivity contribution < 1.29 is 14.0 Å². The van der Waals surface area contributed by atoms with E-state index in [1.165, 1.54) is 22.3 Å². The van der Waals surface area contributed by atoms with Crippen LogP contribution in [0.25, 0.3) is 0 Å². The monoisotopic (exact) mass is 395 g/mol. The number of thiazole rings is 1. The minimum absolute atomic E-state index is 0.0425. The number of para-hydroxylation sites is 2. The van der Waals surface area contributed by atoms with E-state index in [1.54, 1.807) is 23.1 Å². The number of rotatable bonds is 4. The Labute approximate surface area is 166 Å². The van der Waals surface area contributed by atoms with Crippen LogP contribution in [0.2, 0.25) is 0 Å². The highest BCUT2D eigenvalue weighted by molar-refractivity contribution is 7.14. The molecule has 3 aromatic rings. The highest BCUT2D eigenvalue weighted by Gasteiger charge is 2.39. The number of anilines is 3. The standard InChI is InChI=1S/C21H18FN3O2S/c1-14-13-28-21(23-14)25(16-7-3-2-4-8-16)20(27)15-11-19(26)24(12-15)18-10-6-5-9-17(18)22/h2-10,13,15H,11-12H2,1H3/t15-/m1/s1. The fourth-order valence-electron chi connectivity index (χ4n) is 3.31. The van der Waals surface area contributed by atoms with Gasteiger partial charge in [0.05, 0.1) is 23.0 Å². The summed E-state index contributed by atoms with van der Waals surface area (Å²) in [5.74, 6) is -1.52. The molecule has 4 rings (SSSR count). The smallest absolute Gasteiger partial charge is 0.238 e. The largest absolute Gasteiger partial charge is 0.309 e. The van der Waals surface area contributed by atoms with Crippen molar-refractivity contribution >= 4 is 39.7 Å². The highest BCUT2D eigenvalue weighted by Crippen LogP contribution is 2.34. The molecule has 0 spiro atoms. The SMILES string of the molecule is Cc1csc(N(C(=O)[C@@H]2CC(=O)N(c3ccccc3F)C2)c2ccccc2)n1. The third kappa shape index (κ3) is 3.41. The van der Waals surface area contributed by atoms with Gasteiger partial charge in [0.15, 0.2) is 5.13 Å². The van der Waals surface area contributed by atoms with Gasteiger partial charge in [-0.3, -0.25) is 14.5 Å². The zero-order valence-electron chi connectivity index (χ0n) is 15.2. The molecule has 142 valence electrons. The number of amides is 2. The van der Waals surface area contributed by atoms with E-state index in [-0.39, 0.29) is 30.5 Å². The number of benzene rings is 2. The molecule has 1 aliphatic rings. The van der Waals surface area contributed by atoms with Crippen LogP contribution in [0, 0.1) is 18.7 Å². The molecule has 28 heavy (non-hydrogen) atoms. The predicted molar refractivity (Wildman–Crippen MR) is 107 cm³/mol. The van der Waals surface area contributed by atoms with Gasteiger partial charge in [-0.25, -0.2) is 9.37 Å². The van der Waals surface area contributed by atoms with Gasteiger partial charge >= 0.3 is 0 Å². The number of carbonyl (C=O) groups excluding carboxylic acids is 2. The number of hydrogen-bond donors (Lipinski definition) is 0. The van der Waals surface area contributed by atoms with Gasteiger partial charge in [0.1, 0.15) is 5.82 Å². The van der Waals surface area contributed by atoms with Gasteiger partial charge < -0.3 is 4.90 Å². The Bertz CT molecular complexity index is 1020. The fourth-order valence-corrected chi connectivity index (χ4v) is 4.14. The van der Waals surface area contributed by atoms with Crippen molar-refractivity contribution in [2.24, 2.45) is 5.92 Å². The highest BCUT2D eigenvalue weighted by atomic mass is 32.1. The van der Waals surface area contributed by atoms with Gasteiger partial charge in [-0.2, -0.15) is 0 Å². The molecule has 0 radical (unpaired) electrons. The van der Waals surface area contributed by atoms with E-state index in [0.717, 1.165) is 5.69 Å². The maximum Gasteiger partial charge on any atom is 0.238 e. The van der Waals surface area contributed by atoms with Gasteiger partial charge in [0.25, 0.3) is 0 Å². The van der Waals surface area contributed by atoms with Crippen LogP contribution in [0.5, 0.6) is 0 Å². The molecule has 0 bridgehead atoms. The van der Waals surface area contributed by atoms with Crippen LogP contribution in [0.1, 0.15) is 12.1 Å². The molecule has 0 saturated carbocycles. The minimum atomic E-state index is -0.573. The summed E-state index contributed by atoms with van der Waals surface area (Å²) >= 11 is 1.38. The van der Waals surface area contributed by atoms with Crippen LogP contribution in [-0.4, -0.2) is 23.3 Å². The van der Waals surface area contributed by atoms with Crippen molar-refractivity contribution in [1.82, 2.24) is 4.98 Å². The number of nitrogens with zero attached hydrogens (tertiary/aromatic N) is 3. The predicted octanol–water partition coefficient (Wildman–Crippen LogP) is 4.31. The van der Waals surface area contributed by atoms with E-state index in [9.17, 15) is 14.0 Å². The molecule has 0 aliphatic carbocycles. The molecule has 1 fully saturated rings. The van der Waals surface area contributed by atoms with Crippen molar-refractivity contribution in [3.63, 3.8) is 0 Å². The number of hydrogen-bond acceptors (Lipinski definition) is 4. The molecule has 1 aromatic heterocycles. The lowest BCUT2D eigenvalue weighted by Gasteiger charge is -2.23. The molecule has 0 unspecified atom stereocenters. The molecular formula is C21H18FN3O2S. The van der Waals surface area contributed by atoms with Crippen LogP contribution < -0.4 is 9.80 Å². The summed E-state index contributed by atoms with van der Waals surface area (Å²) in [5, 5.41) is 2.44. The summed E-state index contributed by atoms with van der Waals surface area (Å²) in [7, 11) is 0. The zero-order valence-corrected chi connectivity index (χ0v) is 16.0. The number of aromatic nitrogens is 1. The minimum Gasteiger partial charge on any atom is -0.309 e. The summed E-state index contributed by atoms with van der Waals surface area (Å²) in [6.07, 6.45) is 0.0425. The van der Waals surface area contributed by atoms with Crippen LogP contribution in [0.15, 0.2) is 60.0 Å². The Morgan fingerprint density at radius 3 is 2.57 bits per heavy atom. The summed E-state index contributed by atoms with van der Waals surface area (Å²) in [4.78, 5) is 33.3. The first-order valence-corrected chi connectivity index (χ1v) is 9.78. The Balaban J connectivity index is 1.65. The van der Waals surface area contributed by atoms with Crippen molar-refractivity contribution in [2.45, 2.75) is 13.3 Å². The van der Waals surface area contributed by atoms with Crippen LogP contribution in [-0.2, 0) is 9.59 Å². The molecule has 2 aromatic carbocycles. The second-order valence-electron chi connectivity index (χ2n) is 6.64. The molecule has 2 heterocycles. The first-order valence-electron chi connectivity index (χ1n) is 8.90. The average molecular weight is 395 g/mol. The van der Waals surface area contributed by atoms with Gasteiger partial charge in [-0.05, 0) is 31.2 Å². The topological polar surface area (TPSA) is 53.5 Å². The zero-order chi connectivity index (χ0) is 19.7. The number of halogens is 1. The van der Waals surface area contributed by atoms with E-state index in [1.807, 2.05) is 42.6 Å². The first-order chi connectivity index (χ1) is 13.5. The lowest BCUT2D eigenvalue weighted by Crippen LogP contribution is -2.34. The Kier molecular flexibility index (Phi) is 4.92. The molecule has 1 atom stereocenters. The maximum absolute atomic E-state index is 14.1. The summed E-state index contributed by atoms with van der Waals surface area (Å²) < 4.78 is 14.1. The molecule has 0 N–H and O–H groups in total. The second kappa shape index (κ2) is 7.52. The molecule has 1 aliphatic heterocycles. The quantitative estimate of drug-likeness (QED) is 0.662. The van der Waals surface area contributed by atoms with Crippen molar-refractivity contribution in [2.75, 3.05) is 16.3 Å². The van der Waals surface area contributed by atoms with Gasteiger partial charge in [-0.15, -0.1) is 11.3 Å². The normalized spacial score (nSPS) is 16.4. The maximum atomic E-state index is 14.1. The lowest BCUT2D eigenvalue weighted by atomic mass is 10.1. The summed E-state index contributed by atoms with van der Waals surface area (Å²) in [5.41, 5.74) is 1.72. The lowest BCUT2D eigenvalue weighted by molar-refractivity contribution is -0.123. The van der Waals surface area contributed by atoms with E-state index in [4.69, 9.17) is 0 Å². The molecule has 7 heteroatoms. The van der Waals surface area contributed by atoms with Crippen LogP contribution in [0.3, 0.4) is 0 Å². The molecule has 1 saturated heterocycles.